The molecule has 3 aliphatic rings. The van der Waals surface area contributed by atoms with Crippen LogP contribution in [0.5, 0.6) is 0 Å². The molecule has 6 heteroatoms. The molecule has 1 amide bonds. The van der Waals surface area contributed by atoms with Gasteiger partial charge < -0.3 is 9.80 Å². The molecule has 0 bridgehead atoms. The van der Waals surface area contributed by atoms with E-state index in [0.717, 1.165) is 41.4 Å². The molecular formula is C23H27N4OP. The third-order valence-corrected chi connectivity index (χ3v) is 7.96. The van der Waals surface area contributed by atoms with Crippen LogP contribution in [0.25, 0.3) is 16.2 Å². The maximum atomic E-state index is 13.0. The van der Waals surface area contributed by atoms with E-state index in [1.54, 1.807) is 0 Å². The molecule has 3 aliphatic heterocycles. The van der Waals surface area contributed by atoms with E-state index in [4.69, 9.17) is 0 Å². The van der Waals surface area contributed by atoms with Crippen LogP contribution in [-0.4, -0.2) is 50.9 Å². The van der Waals surface area contributed by atoms with Gasteiger partial charge in [0.15, 0.2) is 0 Å². The van der Waals surface area contributed by atoms with E-state index in [0.29, 0.717) is 14.5 Å². The van der Waals surface area contributed by atoms with Gasteiger partial charge in [-0.1, -0.05) is 33.7 Å². The van der Waals surface area contributed by atoms with Crippen molar-refractivity contribution in [1.82, 2.24) is 19.6 Å². The van der Waals surface area contributed by atoms with Crippen molar-refractivity contribution in [2.45, 2.75) is 25.5 Å². The van der Waals surface area contributed by atoms with Crippen LogP contribution in [0.4, 0.5) is 0 Å². The molecule has 0 aliphatic carbocycles. The topological polar surface area (TPSA) is 41.4 Å². The Morgan fingerprint density at radius 1 is 1.24 bits per heavy atom. The number of aromatic nitrogens is 2. The second kappa shape index (κ2) is 7.55. The molecule has 150 valence electrons. The van der Waals surface area contributed by atoms with Gasteiger partial charge in [-0.2, -0.15) is 5.10 Å². The minimum absolute atomic E-state index is 0.0999. The lowest BCUT2D eigenvalue weighted by molar-refractivity contribution is -0.123. The summed E-state index contributed by atoms with van der Waals surface area (Å²) in [6.45, 7) is 5.68. The Kier molecular flexibility index (Phi) is 4.89. The zero-order valence-electron chi connectivity index (χ0n) is 17.0. The first-order valence-corrected chi connectivity index (χ1v) is 11.5. The van der Waals surface area contributed by atoms with E-state index in [1.807, 2.05) is 28.9 Å². The zero-order chi connectivity index (χ0) is 20.0. The number of amides is 1. The van der Waals surface area contributed by atoms with E-state index in [1.165, 1.54) is 18.4 Å². The molecule has 2 unspecified atom stereocenters. The van der Waals surface area contributed by atoms with Crippen LogP contribution in [0.1, 0.15) is 25.3 Å². The van der Waals surface area contributed by atoms with Crippen LogP contribution < -0.4 is 0 Å². The smallest absolute Gasteiger partial charge is 0.252 e. The monoisotopic (exact) mass is 406 g/mol. The summed E-state index contributed by atoms with van der Waals surface area (Å²) in [5.74, 6) is 0.818. The van der Waals surface area contributed by atoms with Crippen molar-refractivity contribution in [2.75, 3.05) is 19.6 Å². The summed E-state index contributed by atoms with van der Waals surface area (Å²) < 4.78 is 1.88. The number of allylic oxidation sites excluding steroid dienone is 2. The van der Waals surface area contributed by atoms with Crippen LogP contribution in [0, 0.1) is 5.92 Å². The van der Waals surface area contributed by atoms with Crippen molar-refractivity contribution in [1.29, 1.82) is 0 Å². The molecule has 1 saturated heterocycles. The number of piperidine rings is 1. The Balaban J connectivity index is 1.37. The van der Waals surface area contributed by atoms with Crippen molar-refractivity contribution >= 4 is 30.7 Å². The van der Waals surface area contributed by atoms with E-state index < -0.39 is 0 Å². The molecule has 1 fully saturated rings. The number of hydrogen-bond acceptors (Lipinski definition) is 3. The van der Waals surface area contributed by atoms with Gasteiger partial charge in [0, 0.05) is 24.7 Å². The maximum Gasteiger partial charge on any atom is 0.252 e. The van der Waals surface area contributed by atoms with Gasteiger partial charge >= 0.3 is 0 Å². The summed E-state index contributed by atoms with van der Waals surface area (Å²) in [5.41, 5.74) is 3.57. The standard InChI is InChI=1S/C23H27N4OP/c1-3-26-10-8-16(9-11-26)18-5-7-23-27(15-18)22(28)13-21(29-23)17-4-6-20-19(12-17)14-24-25(20)2/h4-7,12-16,23,29H,3,8-11H2,1-2H3. The van der Waals surface area contributed by atoms with Crippen LogP contribution in [-0.2, 0) is 11.8 Å². The fourth-order valence-corrected chi connectivity index (χ4v) is 6.00. The van der Waals surface area contributed by atoms with Gasteiger partial charge in [0.05, 0.1) is 17.5 Å². The normalized spacial score (nSPS) is 24.1. The highest BCUT2D eigenvalue weighted by Crippen LogP contribution is 2.45. The van der Waals surface area contributed by atoms with Crippen LogP contribution in [0.15, 0.2) is 54.4 Å². The molecule has 5 rings (SSSR count). The van der Waals surface area contributed by atoms with Gasteiger partial charge in [0.2, 0.25) is 0 Å². The molecule has 4 heterocycles. The summed E-state index contributed by atoms with van der Waals surface area (Å²) in [4.78, 5) is 17.4. The molecule has 0 N–H and O–H groups in total. The third-order valence-electron chi connectivity index (χ3n) is 6.45. The largest absolute Gasteiger partial charge is 0.304 e. The summed E-state index contributed by atoms with van der Waals surface area (Å²) in [5, 5.41) is 6.58. The summed E-state index contributed by atoms with van der Waals surface area (Å²) in [6.07, 6.45) is 12.7. The van der Waals surface area contributed by atoms with E-state index in [-0.39, 0.29) is 11.7 Å². The Labute approximate surface area is 173 Å². The highest BCUT2D eigenvalue weighted by atomic mass is 31.1. The Morgan fingerprint density at radius 2 is 2.07 bits per heavy atom. The molecule has 5 nitrogen and oxygen atoms in total. The van der Waals surface area contributed by atoms with Crippen LogP contribution in [0.2, 0.25) is 0 Å². The number of benzene rings is 1. The van der Waals surface area contributed by atoms with Crippen molar-refractivity contribution in [3.63, 3.8) is 0 Å². The number of rotatable bonds is 3. The van der Waals surface area contributed by atoms with E-state index in [2.05, 4.69) is 53.5 Å². The second-order valence-corrected chi connectivity index (χ2v) is 9.55. The van der Waals surface area contributed by atoms with Crippen molar-refractivity contribution in [3.8, 4) is 0 Å². The van der Waals surface area contributed by atoms with Crippen LogP contribution >= 0.6 is 8.58 Å². The predicted octanol–water partition coefficient (Wildman–Crippen LogP) is 3.95. The SMILES string of the molecule is CCN1CCC(C2=CN3C(=O)C=C(c4ccc5c(cnn5C)c4)PC3C=C2)CC1. The van der Waals surface area contributed by atoms with Crippen molar-refractivity contribution in [3.05, 3.63) is 60.0 Å². The fourth-order valence-electron chi connectivity index (χ4n) is 4.62. The van der Waals surface area contributed by atoms with E-state index in [9.17, 15) is 4.79 Å². The maximum absolute atomic E-state index is 13.0. The van der Waals surface area contributed by atoms with Gasteiger partial charge in [0.1, 0.15) is 0 Å². The average Bonchev–Trinajstić information content (AvgIpc) is 3.13. The lowest BCUT2D eigenvalue weighted by Crippen LogP contribution is -2.38. The minimum atomic E-state index is 0.0999. The average molecular weight is 406 g/mol. The van der Waals surface area contributed by atoms with Crippen LogP contribution in [0.3, 0.4) is 0 Å². The van der Waals surface area contributed by atoms with Gasteiger partial charge in [-0.25, -0.2) is 0 Å². The number of likely N-dealkylation sites (tertiary alicyclic amines) is 1. The minimum Gasteiger partial charge on any atom is -0.304 e. The third kappa shape index (κ3) is 3.47. The van der Waals surface area contributed by atoms with Gasteiger partial charge in [-0.05, 0) is 67.0 Å². The molecule has 1 aromatic heterocycles. The molecule has 1 aromatic carbocycles. The highest BCUT2D eigenvalue weighted by Gasteiger charge is 2.30. The highest BCUT2D eigenvalue weighted by molar-refractivity contribution is 7.51. The Morgan fingerprint density at radius 3 is 2.86 bits per heavy atom. The predicted molar refractivity (Wildman–Crippen MR) is 120 cm³/mol. The molecule has 0 saturated carbocycles. The number of hydrogen-bond donors (Lipinski definition) is 0. The quantitative estimate of drug-likeness (QED) is 0.725. The Bertz CT molecular complexity index is 1040. The first-order valence-electron chi connectivity index (χ1n) is 10.5. The summed E-state index contributed by atoms with van der Waals surface area (Å²) in [6, 6.07) is 6.36. The lowest BCUT2D eigenvalue weighted by atomic mass is 9.88. The van der Waals surface area contributed by atoms with Gasteiger partial charge in [0.25, 0.3) is 5.91 Å². The number of carbonyl (C=O) groups excluding carboxylic acids is 1. The number of nitrogens with zero attached hydrogens (tertiary/aromatic N) is 4. The number of aryl methyl sites for hydroxylation is 1. The molecular weight excluding hydrogens is 379 g/mol. The van der Waals surface area contributed by atoms with E-state index >= 15 is 0 Å². The fraction of sp³-hybridized carbons (Fsp3) is 0.391. The van der Waals surface area contributed by atoms with Gasteiger partial charge in [-0.3, -0.25) is 9.48 Å². The lowest BCUT2D eigenvalue weighted by Gasteiger charge is -2.37. The molecule has 0 spiro atoms. The molecule has 2 aromatic rings. The summed E-state index contributed by atoms with van der Waals surface area (Å²) in [7, 11) is 2.51. The molecule has 2 atom stereocenters. The number of fused-ring (bicyclic) bond motifs is 2. The Hall–Kier alpha value is -2.23. The first-order chi connectivity index (χ1) is 14.1. The molecule has 29 heavy (non-hydrogen) atoms. The zero-order valence-corrected chi connectivity index (χ0v) is 18.0. The molecule has 0 radical (unpaired) electrons. The summed E-state index contributed by atoms with van der Waals surface area (Å²) >= 11 is 0. The second-order valence-electron chi connectivity index (χ2n) is 8.13. The van der Waals surface area contributed by atoms with Crippen molar-refractivity contribution < 1.29 is 4.79 Å². The van der Waals surface area contributed by atoms with Gasteiger partial charge in [-0.15, -0.1) is 0 Å². The first kappa shape index (κ1) is 18.8. The van der Waals surface area contributed by atoms with Crippen molar-refractivity contribution in [2.24, 2.45) is 13.0 Å². The number of carbonyl (C=O) groups is 1.